The smallest absolute Gasteiger partial charge is 0.255 e. The Morgan fingerprint density at radius 2 is 1.76 bits per heavy atom. The van der Waals surface area contributed by atoms with Crippen LogP contribution in [0.5, 0.6) is 5.75 Å². The molecule has 1 heterocycles. The van der Waals surface area contributed by atoms with Gasteiger partial charge in [-0.15, -0.1) is 0 Å². The lowest BCUT2D eigenvalue weighted by Gasteiger charge is -2.48. The van der Waals surface area contributed by atoms with Gasteiger partial charge in [-0.2, -0.15) is 0 Å². The number of ether oxygens (including phenoxy) is 2. The third-order valence-electron chi connectivity index (χ3n) is 5.82. The minimum Gasteiger partial charge on any atom is -0.497 e. The Kier molecular flexibility index (Phi) is 6.99. The molecule has 33 heavy (non-hydrogen) atoms. The summed E-state index contributed by atoms with van der Waals surface area (Å²) in [6.07, 6.45) is 0. The van der Waals surface area contributed by atoms with Crippen LogP contribution < -0.4 is 10.1 Å². The number of carbonyl (C=O) groups excluding carboxylic acids is 2. The number of anilines is 1. The van der Waals surface area contributed by atoms with Crippen molar-refractivity contribution in [1.29, 1.82) is 0 Å². The number of carbonyl (C=O) groups is 2. The Morgan fingerprint density at radius 3 is 2.48 bits per heavy atom. The predicted molar refractivity (Wildman–Crippen MR) is 136 cm³/mol. The molecule has 0 aliphatic carbocycles. The molecule has 0 bridgehead atoms. The lowest BCUT2D eigenvalue weighted by atomic mass is 9.79. The second-order valence-corrected chi connectivity index (χ2v) is 9.38. The molecule has 1 aliphatic heterocycles. The molecule has 0 aromatic heterocycles. The number of amides is 2. The molecule has 4 rings (SSSR count). The monoisotopic (exact) mass is 556 g/mol. The number of nitrogens with one attached hydrogen (secondary N) is 1. The summed E-state index contributed by atoms with van der Waals surface area (Å²) < 4.78 is 9.67. The lowest BCUT2D eigenvalue weighted by Crippen LogP contribution is -2.56. The summed E-state index contributed by atoms with van der Waals surface area (Å²) in [7, 11) is 3.19. The van der Waals surface area contributed by atoms with Crippen LogP contribution >= 0.6 is 22.6 Å². The first-order valence-electron chi connectivity index (χ1n) is 10.6. The summed E-state index contributed by atoms with van der Waals surface area (Å²) in [5, 5.41) is 3.05. The molecule has 2 atom stereocenters. The largest absolute Gasteiger partial charge is 0.497 e. The van der Waals surface area contributed by atoms with Gasteiger partial charge in [0, 0.05) is 31.0 Å². The number of nitrogens with zero attached hydrogens (tertiary/aromatic N) is 1. The highest BCUT2D eigenvalue weighted by Crippen LogP contribution is 2.52. The van der Waals surface area contributed by atoms with E-state index in [0.717, 1.165) is 5.56 Å². The van der Waals surface area contributed by atoms with Gasteiger partial charge in [0.15, 0.2) is 0 Å². The quantitative estimate of drug-likeness (QED) is 0.258. The zero-order valence-corrected chi connectivity index (χ0v) is 20.6. The average molecular weight is 556 g/mol. The first kappa shape index (κ1) is 23.3. The standard InChI is InChI=1S/C26H25IN2O4/c1-32-16-15-29-25(31)22-14-7-6-13-21(22)23(26(29,27)18-9-4-3-5-10-18)24(30)28-19-11-8-12-20(17-19)33-2/h3-14,17,23H,15-16H2,1-2H3,(H,28,30). The van der Waals surface area contributed by atoms with Crippen LogP contribution in [-0.2, 0) is 13.1 Å². The van der Waals surface area contributed by atoms with Crippen molar-refractivity contribution >= 4 is 40.1 Å². The number of hydrogen-bond donors (Lipinski definition) is 1. The van der Waals surface area contributed by atoms with Crippen LogP contribution in [0.3, 0.4) is 0 Å². The van der Waals surface area contributed by atoms with Gasteiger partial charge < -0.3 is 19.7 Å². The number of hydrogen-bond acceptors (Lipinski definition) is 4. The van der Waals surface area contributed by atoms with Crippen LogP contribution in [0.2, 0.25) is 0 Å². The minimum atomic E-state index is -0.952. The van der Waals surface area contributed by atoms with E-state index in [1.54, 1.807) is 31.3 Å². The summed E-state index contributed by atoms with van der Waals surface area (Å²) in [6.45, 7) is 0.708. The molecule has 3 aromatic carbocycles. The van der Waals surface area contributed by atoms with E-state index < -0.39 is 9.46 Å². The first-order valence-corrected chi connectivity index (χ1v) is 11.7. The summed E-state index contributed by atoms with van der Waals surface area (Å²) in [5.74, 6) is -0.329. The second-order valence-electron chi connectivity index (χ2n) is 7.73. The molecular weight excluding hydrogens is 531 g/mol. The molecule has 6 nitrogen and oxygen atoms in total. The van der Waals surface area contributed by atoms with E-state index >= 15 is 0 Å². The molecular formula is C26H25IN2O4. The van der Waals surface area contributed by atoms with Gasteiger partial charge in [0.25, 0.3) is 5.91 Å². The van der Waals surface area contributed by atoms with E-state index in [-0.39, 0.29) is 11.8 Å². The van der Waals surface area contributed by atoms with Crippen molar-refractivity contribution in [2.75, 3.05) is 32.7 Å². The van der Waals surface area contributed by atoms with E-state index in [1.807, 2.05) is 66.7 Å². The molecule has 3 aromatic rings. The normalized spacial score (nSPS) is 19.7. The van der Waals surface area contributed by atoms with E-state index in [1.165, 1.54) is 0 Å². The lowest BCUT2D eigenvalue weighted by molar-refractivity contribution is -0.119. The molecule has 170 valence electrons. The number of alkyl halides is 1. The van der Waals surface area contributed by atoms with Crippen LogP contribution in [0, 0.1) is 0 Å². The predicted octanol–water partition coefficient (Wildman–Crippen LogP) is 4.81. The summed E-state index contributed by atoms with van der Waals surface area (Å²) in [5.41, 5.74) is 2.73. The van der Waals surface area contributed by atoms with Crippen molar-refractivity contribution in [2.45, 2.75) is 9.46 Å². The highest BCUT2D eigenvalue weighted by Gasteiger charge is 2.54. The molecule has 0 saturated heterocycles. The van der Waals surface area contributed by atoms with Crippen LogP contribution in [0.4, 0.5) is 5.69 Å². The van der Waals surface area contributed by atoms with Gasteiger partial charge in [-0.1, -0.05) is 54.6 Å². The van der Waals surface area contributed by atoms with Gasteiger partial charge in [-0.3, -0.25) is 9.59 Å². The van der Waals surface area contributed by atoms with Crippen molar-refractivity contribution in [2.24, 2.45) is 0 Å². The fraction of sp³-hybridized carbons (Fsp3) is 0.231. The molecule has 2 unspecified atom stereocenters. The topological polar surface area (TPSA) is 67.9 Å². The van der Waals surface area contributed by atoms with Crippen molar-refractivity contribution in [3.8, 4) is 5.75 Å². The average Bonchev–Trinajstić information content (AvgIpc) is 2.84. The molecule has 0 fully saturated rings. The van der Waals surface area contributed by atoms with Crippen molar-refractivity contribution < 1.29 is 19.1 Å². The van der Waals surface area contributed by atoms with Crippen LogP contribution in [0.1, 0.15) is 27.4 Å². The Labute approximate surface area is 207 Å². The van der Waals surface area contributed by atoms with E-state index in [4.69, 9.17) is 9.47 Å². The maximum atomic E-state index is 13.9. The van der Waals surface area contributed by atoms with Crippen LogP contribution in [-0.4, -0.2) is 44.1 Å². The minimum absolute atomic E-state index is 0.119. The number of fused-ring (bicyclic) bond motifs is 1. The van der Waals surface area contributed by atoms with E-state index in [0.29, 0.717) is 35.7 Å². The molecule has 7 heteroatoms. The molecule has 0 spiro atoms. The summed E-state index contributed by atoms with van der Waals surface area (Å²) in [6, 6.07) is 24.3. The van der Waals surface area contributed by atoms with Crippen molar-refractivity contribution in [3.05, 3.63) is 95.6 Å². The zero-order valence-electron chi connectivity index (χ0n) is 18.5. The van der Waals surface area contributed by atoms with Crippen molar-refractivity contribution in [1.82, 2.24) is 4.90 Å². The molecule has 1 N–H and O–H groups in total. The van der Waals surface area contributed by atoms with Gasteiger partial charge in [-0.05, 0) is 51.9 Å². The number of halogens is 1. The Balaban J connectivity index is 1.87. The summed E-state index contributed by atoms with van der Waals surface area (Å²) in [4.78, 5) is 29.3. The van der Waals surface area contributed by atoms with Crippen molar-refractivity contribution in [3.63, 3.8) is 0 Å². The number of methoxy groups -OCH3 is 2. The maximum absolute atomic E-state index is 13.9. The van der Waals surface area contributed by atoms with Crippen LogP contribution in [0.15, 0.2) is 78.9 Å². The van der Waals surface area contributed by atoms with E-state index in [2.05, 4.69) is 27.9 Å². The second kappa shape index (κ2) is 9.93. The number of rotatable bonds is 7. The molecule has 2 amide bonds. The van der Waals surface area contributed by atoms with Gasteiger partial charge in [-0.25, -0.2) is 0 Å². The molecule has 0 radical (unpaired) electrons. The van der Waals surface area contributed by atoms with E-state index in [9.17, 15) is 9.59 Å². The van der Waals surface area contributed by atoms with Gasteiger partial charge in [0.05, 0.1) is 13.7 Å². The molecule has 0 saturated carbocycles. The fourth-order valence-corrected chi connectivity index (χ4v) is 5.71. The summed E-state index contributed by atoms with van der Waals surface area (Å²) >= 11 is 2.27. The maximum Gasteiger partial charge on any atom is 0.255 e. The SMILES string of the molecule is COCCN1C(=O)c2ccccc2C(C(=O)Nc2cccc(OC)c2)C1(I)c1ccccc1. The first-order chi connectivity index (χ1) is 16.0. The number of benzene rings is 3. The van der Waals surface area contributed by atoms with Gasteiger partial charge in [0.1, 0.15) is 15.2 Å². The molecule has 1 aliphatic rings. The van der Waals surface area contributed by atoms with Crippen LogP contribution in [0.25, 0.3) is 0 Å². The highest BCUT2D eigenvalue weighted by molar-refractivity contribution is 14.1. The third kappa shape index (κ3) is 4.35. The van der Waals surface area contributed by atoms with Gasteiger partial charge in [0.2, 0.25) is 5.91 Å². The Morgan fingerprint density at radius 1 is 1.03 bits per heavy atom. The van der Waals surface area contributed by atoms with Gasteiger partial charge >= 0.3 is 0 Å². The Bertz CT molecular complexity index is 1150. The highest BCUT2D eigenvalue weighted by atomic mass is 127. The third-order valence-corrected chi connectivity index (χ3v) is 7.65. The fourth-order valence-electron chi connectivity index (χ4n) is 4.27. The Hall–Kier alpha value is -2.91. The zero-order chi connectivity index (χ0) is 23.4.